The predicted octanol–water partition coefficient (Wildman–Crippen LogP) is 2.26. The maximum absolute atomic E-state index is 14.9. The normalized spacial score (nSPS) is 17.6. The number of fused-ring (bicyclic) bond motifs is 1. The zero-order valence-corrected chi connectivity index (χ0v) is 18.4. The number of hydrogen-bond donors (Lipinski definition) is 2. The molecule has 2 N–H and O–H groups in total. The molecule has 1 amide bonds. The molecule has 4 rings (SSSR count). The summed E-state index contributed by atoms with van der Waals surface area (Å²) in [5, 5.41) is 15.4. The smallest absolute Gasteiger partial charge is 0.408 e. The summed E-state index contributed by atoms with van der Waals surface area (Å²) in [5.74, 6) is -1.34. The lowest BCUT2D eigenvalue weighted by Gasteiger charge is -2.23. The third-order valence-electron chi connectivity index (χ3n) is 6.05. The topological polar surface area (TPSA) is 109 Å². The van der Waals surface area contributed by atoms with E-state index in [9.17, 15) is 19.2 Å². The highest BCUT2D eigenvalue weighted by molar-refractivity contribution is 5.82. The first-order chi connectivity index (χ1) is 15.9. The Balaban J connectivity index is 1.49. The average Bonchev–Trinajstić information content (AvgIpc) is 3.43. The fraction of sp³-hybridized carbons (Fsp3) is 0.375. The number of methoxy groups -OCH3 is 1. The number of hydrogen-bond acceptors (Lipinski definition) is 6. The van der Waals surface area contributed by atoms with Gasteiger partial charge in [0, 0.05) is 26.6 Å². The van der Waals surface area contributed by atoms with Crippen LogP contribution < -0.4 is 16.4 Å². The molecule has 2 heterocycles. The van der Waals surface area contributed by atoms with Gasteiger partial charge in [-0.2, -0.15) is 5.26 Å². The second-order valence-corrected chi connectivity index (χ2v) is 8.17. The maximum atomic E-state index is 14.9. The number of oxazole rings is 1. The van der Waals surface area contributed by atoms with Crippen LogP contribution in [0.4, 0.5) is 4.39 Å². The first kappa shape index (κ1) is 22.7. The van der Waals surface area contributed by atoms with Crippen LogP contribution in [0.2, 0.25) is 0 Å². The molecule has 33 heavy (non-hydrogen) atoms. The zero-order chi connectivity index (χ0) is 23.5. The number of aromatic nitrogens is 1. The van der Waals surface area contributed by atoms with Crippen LogP contribution in [0.25, 0.3) is 22.2 Å². The number of aryl methyl sites for hydroxylation is 1. The number of ether oxygens (including phenoxy) is 1. The number of nitriles is 1. The van der Waals surface area contributed by atoms with Gasteiger partial charge in [-0.15, -0.1) is 0 Å². The van der Waals surface area contributed by atoms with Crippen LogP contribution >= 0.6 is 0 Å². The average molecular weight is 452 g/mol. The third kappa shape index (κ3) is 4.67. The molecule has 3 atom stereocenters. The first-order valence-corrected chi connectivity index (χ1v) is 10.8. The predicted molar refractivity (Wildman–Crippen MR) is 120 cm³/mol. The van der Waals surface area contributed by atoms with Gasteiger partial charge in [0.25, 0.3) is 5.91 Å². The fourth-order valence-corrected chi connectivity index (χ4v) is 4.23. The van der Waals surface area contributed by atoms with Crippen LogP contribution in [0.1, 0.15) is 18.4 Å². The molecule has 0 radical (unpaired) electrons. The molecule has 1 aromatic heterocycles. The molecule has 0 unspecified atom stereocenters. The number of carbonyl (C=O) groups excluding carboxylic acids is 1. The molecule has 9 heteroatoms. The number of nitrogens with zero attached hydrogens (tertiary/aromatic N) is 2. The van der Waals surface area contributed by atoms with E-state index in [4.69, 9.17) is 9.15 Å². The van der Waals surface area contributed by atoms with Crippen LogP contribution in [0.15, 0.2) is 45.6 Å². The Morgan fingerprint density at radius 3 is 2.79 bits per heavy atom. The van der Waals surface area contributed by atoms with E-state index >= 15 is 0 Å². The van der Waals surface area contributed by atoms with Gasteiger partial charge < -0.3 is 19.8 Å². The fourth-order valence-electron chi connectivity index (χ4n) is 4.23. The number of carbonyl (C=O) groups is 1. The standard InChI is InChI=1S/C24H25FN4O4/c1-29-20-12-15(7-8-21(20)33-24(29)31)14-5-6-16(18(25)11-14)10-17(13-26)28-23(30)22(32-2)19-4-3-9-27-19/h5-8,11-12,17,19,22,27H,3-4,9-10H2,1-2H3,(H,28,30)/t17-,19-,22+/m0/s1. The summed E-state index contributed by atoms with van der Waals surface area (Å²) in [4.78, 5) is 24.3. The monoisotopic (exact) mass is 452 g/mol. The molecule has 0 bridgehead atoms. The number of halogens is 1. The molecular formula is C24H25FN4O4. The SMILES string of the molecule is CO[C@@H](C(=O)N[C@H](C#N)Cc1ccc(-c2ccc3oc(=O)n(C)c3c2)cc1F)[C@@H]1CCCN1. The molecule has 2 aromatic carbocycles. The van der Waals surface area contributed by atoms with Gasteiger partial charge in [0.15, 0.2) is 11.7 Å². The quantitative estimate of drug-likeness (QED) is 0.569. The minimum Gasteiger partial charge on any atom is -0.408 e. The van der Waals surface area contributed by atoms with Crippen molar-refractivity contribution >= 4 is 17.0 Å². The zero-order valence-electron chi connectivity index (χ0n) is 18.4. The minimum atomic E-state index is -0.895. The highest BCUT2D eigenvalue weighted by Crippen LogP contribution is 2.26. The van der Waals surface area contributed by atoms with Crippen LogP contribution in [-0.2, 0) is 23.0 Å². The Hall–Kier alpha value is -3.48. The molecule has 0 saturated carbocycles. The summed E-state index contributed by atoms with van der Waals surface area (Å²) in [6, 6.07) is 10.9. The van der Waals surface area contributed by atoms with Gasteiger partial charge in [0.2, 0.25) is 0 Å². The van der Waals surface area contributed by atoms with Crippen molar-refractivity contribution in [2.45, 2.75) is 37.5 Å². The lowest BCUT2D eigenvalue weighted by molar-refractivity contribution is -0.132. The highest BCUT2D eigenvalue weighted by Gasteiger charge is 2.31. The largest absolute Gasteiger partial charge is 0.419 e. The Bertz CT molecular complexity index is 1270. The molecule has 1 saturated heterocycles. The van der Waals surface area contributed by atoms with E-state index < -0.39 is 23.7 Å². The van der Waals surface area contributed by atoms with E-state index in [1.54, 1.807) is 37.4 Å². The van der Waals surface area contributed by atoms with Crippen molar-refractivity contribution in [3.8, 4) is 17.2 Å². The molecule has 0 aliphatic carbocycles. The summed E-state index contributed by atoms with van der Waals surface area (Å²) < 4.78 is 26.8. The number of nitrogens with one attached hydrogen (secondary N) is 2. The summed E-state index contributed by atoms with van der Waals surface area (Å²) in [5.41, 5.74) is 2.73. The van der Waals surface area contributed by atoms with Crippen molar-refractivity contribution in [1.82, 2.24) is 15.2 Å². The minimum absolute atomic E-state index is 0.0259. The van der Waals surface area contributed by atoms with Crippen molar-refractivity contribution in [3.05, 3.63) is 58.3 Å². The number of amides is 1. The number of rotatable bonds is 7. The van der Waals surface area contributed by atoms with E-state index in [0.717, 1.165) is 24.9 Å². The van der Waals surface area contributed by atoms with Gasteiger partial charge in [-0.3, -0.25) is 9.36 Å². The number of benzene rings is 2. The van der Waals surface area contributed by atoms with Gasteiger partial charge >= 0.3 is 5.76 Å². The lowest BCUT2D eigenvalue weighted by Crippen LogP contribution is -2.50. The van der Waals surface area contributed by atoms with Gasteiger partial charge in [-0.05, 0) is 54.3 Å². The molecule has 1 aliphatic rings. The van der Waals surface area contributed by atoms with Crippen molar-refractivity contribution in [2.75, 3.05) is 13.7 Å². The second-order valence-electron chi connectivity index (χ2n) is 8.17. The van der Waals surface area contributed by atoms with Crippen LogP contribution in [0, 0.1) is 17.1 Å². The summed E-state index contributed by atoms with van der Waals surface area (Å²) >= 11 is 0. The van der Waals surface area contributed by atoms with Crippen LogP contribution in [0.3, 0.4) is 0 Å². The highest BCUT2D eigenvalue weighted by atomic mass is 19.1. The first-order valence-electron chi connectivity index (χ1n) is 10.8. The molecule has 1 aliphatic heterocycles. The van der Waals surface area contributed by atoms with Crippen LogP contribution in [-0.4, -0.2) is 42.3 Å². The molecule has 3 aromatic rings. The van der Waals surface area contributed by atoms with Gasteiger partial charge in [0.05, 0.1) is 11.6 Å². The van der Waals surface area contributed by atoms with Crippen molar-refractivity contribution in [2.24, 2.45) is 7.05 Å². The summed E-state index contributed by atoms with van der Waals surface area (Å²) in [6.45, 7) is 0.820. The van der Waals surface area contributed by atoms with Gasteiger partial charge in [-0.25, -0.2) is 9.18 Å². The third-order valence-corrected chi connectivity index (χ3v) is 6.05. The molecule has 8 nitrogen and oxygen atoms in total. The maximum Gasteiger partial charge on any atom is 0.419 e. The van der Waals surface area contributed by atoms with E-state index in [2.05, 4.69) is 10.6 Å². The van der Waals surface area contributed by atoms with E-state index in [0.29, 0.717) is 22.2 Å². The van der Waals surface area contributed by atoms with E-state index in [1.807, 2.05) is 6.07 Å². The van der Waals surface area contributed by atoms with Crippen LogP contribution in [0.5, 0.6) is 0 Å². The molecule has 1 fully saturated rings. The van der Waals surface area contributed by atoms with E-state index in [1.165, 1.54) is 17.7 Å². The summed E-state index contributed by atoms with van der Waals surface area (Å²) in [6.07, 6.45) is 1.10. The van der Waals surface area contributed by atoms with E-state index in [-0.39, 0.29) is 18.4 Å². The van der Waals surface area contributed by atoms with Crippen molar-refractivity contribution in [3.63, 3.8) is 0 Å². The molecule has 0 spiro atoms. The Morgan fingerprint density at radius 1 is 1.36 bits per heavy atom. The second kappa shape index (κ2) is 9.57. The van der Waals surface area contributed by atoms with Gasteiger partial charge in [0.1, 0.15) is 11.9 Å². The molecule has 172 valence electrons. The van der Waals surface area contributed by atoms with Gasteiger partial charge in [-0.1, -0.05) is 18.2 Å². The Labute approximate surface area is 189 Å². The molecular weight excluding hydrogens is 427 g/mol. The van der Waals surface area contributed by atoms with Crippen molar-refractivity contribution in [1.29, 1.82) is 5.26 Å². The Kier molecular flexibility index (Phi) is 6.58. The Morgan fingerprint density at radius 2 is 2.12 bits per heavy atom. The summed E-state index contributed by atoms with van der Waals surface area (Å²) in [7, 11) is 3.07. The lowest BCUT2D eigenvalue weighted by atomic mass is 9.99. The van der Waals surface area contributed by atoms with Crippen molar-refractivity contribution < 1.29 is 18.3 Å².